The second-order valence-electron chi connectivity index (χ2n) is 9.11. The van der Waals surface area contributed by atoms with E-state index in [2.05, 4.69) is 28.2 Å². The maximum atomic E-state index is 12.8. The van der Waals surface area contributed by atoms with Gasteiger partial charge in [-0.3, -0.25) is 10.3 Å². The van der Waals surface area contributed by atoms with Crippen molar-refractivity contribution in [2.75, 3.05) is 5.32 Å². The molecule has 2 aliphatic heterocycles. The van der Waals surface area contributed by atoms with Crippen LogP contribution < -0.4 is 9.50 Å². The number of benzene rings is 1. The van der Waals surface area contributed by atoms with Gasteiger partial charge >= 0.3 is 6.09 Å². The maximum absolute atomic E-state index is 12.8. The predicted octanol–water partition coefficient (Wildman–Crippen LogP) is 7.00. The summed E-state index contributed by atoms with van der Waals surface area (Å²) in [4.78, 5) is 18.9. The molecule has 0 saturated heterocycles. The first-order valence-electron chi connectivity index (χ1n) is 11.8. The lowest BCUT2D eigenvalue weighted by molar-refractivity contribution is 0.121. The van der Waals surface area contributed by atoms with E-state index < -0.39 is 23.0 Å². The Morgan fingerprint density at radius 1 is 1.27 bits per heavy atom. The molecule has 5 heterocycles. The zero-order chi connectivity index (χ0) is 25.1. The number of ether oxygens (including phenoxy) is 1. The van der Waals surface area contributed by atoms with Gasteiger partial charge in [0.1, 0.15) is 16.8 Å². The number of carbonyl (C=O) groups excluding carboxylic acids is 1. The first kappa shape index (κ1) is 22.4. The zero-order valence-corrected chi connectivity index (χ0v) is 21.2. The number of thiophene rings is 1. The van der Waals surface area contributed by atoms with Crippen molar-refractivity contribution in [2.24, 2.45) is 5.41 Å². The number of nitrogens with one attached hydrogen (secondary N) is 1. The fraction of sp³-hybridized carbons (Fsp3) is 0.179. The minimum Gasteiger partial charge on any atom is -0.444 e. The molecule has 2 N–H and O–H groups in total. The van der Waals surface area contributed by atoms with Crippen LogP contribution in [0.4, 0.5) is 10.5 Å². The highest BCUT2D eigenvalue weighted by Gasteiger charge is 2.60. The van der Waals surface area contributed by atoms with Gasteiger partial charge < -0.3 is 18.4 Å². The van der Waals surface area contributed by atoms with Crippen molar-refractivity contribution >= 4 is 56.0 Å². The third-order valence-electron chi connectivity index (χ3n) is 6.75. The Morgan fingerprint density at radius 3 is 2.92 bits per heavy atom. The number of pyridine rings is 1. The highest BCUT2D eigenvalue weighted by molar-refractivity contribution is 8.17. The number of anilines is 1. The van der Waals surface area contributed by atoms with Gasteiger partial charge in [0.05, 0.1) is 27.3 Å². The number of aromatic nitrogens is 1. The summed E-state index contributed by atoms with van der Waals surface area (Å²) in [5.41, 5.74) is 2.70. The molecule has 1 spiro atoms. The smallest absolute Gasteiger partial charge is 0.412 e. The summed E-state index contributed by atoms with van der Waals surface area (Å²) in [6.45, 7) is 1.82. The van der Waals surface area contributed by atoms with E-state index in [4.69, 9.17) is 13.3 Å². The zero-order valence-electron chi connectivity index (χ0n) is 19.6. The van der Waals surface area contributed by atoms with Crippen molar-refractivity contribution in [3.05, 3.63) is 81.5 Å². The molecule has 4 aromatic rings. The Kier molecular flexibility index (Phi) is 5.05. The standard InChI is InChI=1S/C28H20N2O5S2/c1-16(17-5-3-2-4-6-17)33-27(32)30-24-20-9-12-29-15-22(20)34-21(24)8-7-19-13-18-14-23-28(10-11-28)26(31)37(23)35-25(18)36-19/h2-6,9,12-16,31H,10-11H2,1H3,(H,30,32). The first-order chi connectivity index (χ1) is 18.0. The number of amides is 1. The van der Waals surface area contributed by atoms with E-state index in [1.54, 1.807) is 18.5 Å². The summed E-state index contributed by atoms with van der Waals surface area (Å²) < 4.78 is 17.6. The second-order valence-corrected chi connectivity index (χ2v) is 11.7. The lowest BCUT2D eigenvalue weighted by Gasteiger charge is -2.35. The Hall–Kier alpha value is -3.84. The molecule has 9 heteroatoms. The van der Waals surface area contributed by atoms with Gasteiger partial charge in [-0.2, -0.15) is 0 Å². The minimum absolute atomic E-state index is 0.121. The van der Waals surface area contributed by atoms with Gasteiger partial charge in [-0.15, -0.1) is 0 Å². The maximum Gasteiger partial charge on any atom is 0.412 e. The molecule has 184 valence electrons. The summed E-state index contributed by atoms with van der Waals surface area (Å²) in [6, 6.07) is 13.3. The van der Waals surface area contributed by atoms with Gasteiger partial charge in [0, 0.05) is 22.1 Å². The number of aliphatic hydroxyl groups excluding tert-OH is 1. The van der Waals surface area contributed by atoms with E-state index in [9.17, 15) is 9.90 Å². The molecule has 7 rings (SSSR count). The predicted molar refractivity (Wildman–Crippen MR) is 145 cm³/mol. The van der Waals surface area contributed by atoms with E-state index in [0.29, 0.717) is 27.5 Å². The number of furan rings is 1. The molecule has 1 saturated carbocycles. The average Bonchev–Trinajstić information content (AvgIpc) is 3.56. The van der Waals surface area contributed by atoms with Crippen molar-refractivity contribution in [3.63, 3.8) is 0 Å². The largest absolute Gasteiger partial charge is 0.444 e. The van der Waals surface area contributed by atoms with Crippen molar-refractivity contribution in [3.8, 4) is 16.9 Å². The highest BCUT2D eigenvalue weighted by atomic mass is 32.2. The SMILES string of the molecule is CC(OC(=O)Nc1c(C#Cc2cc3c(s2)OS2=C(O)C4(CC4)C2=C3)oc2cnccc12)c1ccccc1. The summed E-state index contributed by atoms with van der Waals surface area (Å²) in [6.07, 6.45) is 6.31. The molecule has 2 unspecified atom stereocenters. The number of hydrogen-bond donors (Lipinski definition) is 2. The van der Waals surface area contributed by atoms with Gasteiger partial charge in [0.25, 0.3) is 0 Å². The van der Waals surface area contributed by atoms with Crippen LogP contribution in [0, 0.1) is 17.3 Å². The van der Waals surface area contributed by atoms with E-state index >= 15 is 0 Å². The number of carbonyl (C=O) groups is 1. The van der Waals surface area contributed by atoms with Gasteiger partial charge in [0.2, 0.25) is 5.76 Å². The van der Waals surface area contributed by atoms with Crippen LogP contribution in [-0.2, 0) is 4.74 Å². The second kappa shape index (κ2) is 8.35. The molecule has 3 aliphatic rings. The molecule has 1 aliphatic carbocycles. The van der Waals surface area contributed by atoms with Crippen LogP contribution in [0.3, 0.4) is 0 Å². The molecule has 37 heavy (non-hydrogen) atoms. The Labute approximate surface area is 218 Å². The molecule has 1 amide bonds. The Balaban J connectivity index is 1.16. The van der Waals surface area contributed by atoms with Crippen LogP contribution >= 0.6 is 22.1 Å². The minimum atomic E-state index is -0.625. The quantitative estimate of drug-likeness (QED) is 0.220. The number of nitrogens with zero attached hydrogens (tertiary/aromatic N) is 1. The van der Waals surface area contributed by atoms with Gasteiger partial charge in [-0.05, 0) is 55.4 Å². The molecular formula is C28H20N2O5S2. The normalized spacial score (nSPS) is 18.9. The fourth-order valence-electron chi connectivity index (χ4n) is 4.58. The van der Waals surface area contributed by atoms with Crippen LogP contribution in [-0.4, -0.2) is 21.2 Å². The van der Waals surface area contributed by atoms with Crippen LogP contribution in [0.1, 0.15) is 47.6 Å². The van der Waals surface area contributed by atoms with Crippen molar-refractivity contribution in [1.82, 2.24) is 4.98 Å². The van der Waals surface area contributed by atoms with Crippen molar-refractivity contribution in [1.29, 1.82) is 0 Å². The molecule has 0 bridgehead atoms. The van der Waals surface area contributed by atoms with E-state index in [0.717, 1.165) is 33.9 Å². The van der Waals surface area contributed by atoms with Gasteiger partial charge in [-0.1, -0.05) is 41.7 Å². The third-order valence-corrected chi connectivity index (χ3v) is 9.78. The third kappa shape index (κ3) is 3.68. The highest BCUT2D eigenvalue weighted by Crippen LogP contribution is 2.69. The lowest BCUT2D eigenvalue weighted by Crippen LogP contribution is -2.30. The van der Waals surface area contributed by atoms with E-state index in [1.807, 2.05) is 43.3 Å². The van der Waals surface area contributed by atoms with Crippen LogP contribution in [0.25, 0.3) is 17.0 Å². The van der Waals surface area contributed by atoms with Crippen molar-refractivity contribution < 1.29 is 23.2 Å². The fourth-order valence-corrected chi connectivity index (χ4v) is 7.67. The molecule has 2 atom stereocenters. The van der Waals surface area contributed by atoms with Crippen LogP contribution in [0.5, 0.6) is 5.06 Å². The van der Waals surface area contributed by atoms with E-state index in [1.165, 1.54) is 16.2 Å². The molecule has 0 radical (unpaired) electrons. The topological polar surface area (TPSA) is 93.8 Å². The van der Waals surface area contributed by atoms with Gasteiger partial charge in [0.15, 0.2) is 10.6 Å². The number of rotatable bonds is 3. The molecule has 7 nitrogen and oxygen atoms in total. The summed E-state index contributed by atoms with van der Waals surface area (Å²) in [7, 11) is -0.625. The molecular weight excluding hydrogens is 508 g/mol. The van der Waals surface area contributed by atoms with Crippen LogP contribution in [0.2, 0.25) is 0 Å². The Bertz CT molecular complexity index is 1720. The number of fused-ring (bicyclic) bond motifs is 4. The van der Waals surface area contributed by atoms with Crippen molar-refractivity contribution in [2.45, 2.75) is 25.9 Å². The lowest BCUT2D eigenvalue weighted by atomic mass is 10.1. The molecule has 1 fully saturated rings. The Morgan fingerprint density at radius 2 is 2.11 bits per heavy atom. The molecule has 3 aromatic heterocycles. The summed E-state index contributed by atoms with van der Waals surface area (Å²) in [5.74, 6) is 6.51. The summed E-state index contributed by atoms with van der Waals surface area (Å²) >= 11 is 1.43. The number of hydrogen-bond acceptors (Lipinski definition) is 6. The molecule has 1 aromatic carbocycles. The summed E-state index contributed by atoms with van der Waals surface area (Å²) in [5, 5.41) is 15.1. The number of aliphatic hydroxyl groups is 1. The van der Waals surface area contributed by atoms with E-state index in [-0.39, 0.29) is 5.41 Å². The first-order valence-corrected chi connectivity index (χ1v) is 13.7. The monoisotopic (exact) mass is 528 g/mol. The average molecular weight is 529 g/mol. The van der Waals surface area contributed by atoms with Gasteiger partial charge in [-0.25, -0.2) is 4.79 Å². The van der Waals surface area contributed by atoms with Crippen LogP contribution in [0.15, 0.2) is 64.2 Å².